The monoisotopic (exact) mass is 287 g/mol. The van der Waals surface area contributed by atoms with Crippen molar-refractivity contribution in [3.63, 3.8) is 0 Å². The van der Waals surface area contributed by atoms with E-state index in [1.807, 2.05) is 4.90 Å². The Labute approximate surface area is 114 Å². The van der Waals surface area contributed by atoms with Crippen LogP contribution in [0.3, 0.4) is 0 Å². The van der Waals surface area contributed by atoms with Crippen LogP contribution in [0.25, 0.3) is 0 Å². The molecule has 0 atom stereocenters. The van der Waals surface area contributed by atoms with Gasteiger partial charge in [0.15, 0.2) is 0 Å². The molecule has 1 aromatic rings. The number of ether oxygens (including phenoxy) is 1. The molecule has 2 heterocycles. The van der Waals surface area contributed by atoms with Crippen molar-refractivity contribution in [2.45, 2.75) is 6.42 Å². The minimum Gasteiger partial charge on any atom is -0.481 e. The Hall–Kier alpha value is -1.67. The molecule has 0 bridgehead atoms. The predicted molar refractivity (Wildman–Crippen MR) is 68.6 cm³/mol. The van der Waals surface area contributed by atoms with Gasteiger partial charge in [0.05, 0.1) is 19.6 Å². The van der Waals surface area contributed by atoms with Crippen LogP contribution in [0.4, 0.5) is 11.9 Å². The number of carboxylic acid groups (broad SMARTS) is 1. The second-order valence-corrected chi connectivity index (χ2v) is 4.24. The zero-order chi connectivity index (χ0) is 13.7. The van der Waals surface area contributed by atoms with Gasteiger partial charge in [-0.05, 0) is 11.6 Å². The van der Waals surface area contributed by atoms with E-state index in [4.69, 9.17) is 21.4 Å². The fraction of sp³-hybridized carbons (Fsp3) is 0.600. The van der Waals surface area contributed by atoms with Crippen LogP contribution < -0.4 is 10.2 Å². The molecule has 1 aromatic heterocycles. The second-order valence-electron chi connectivity index (χ2n) is 3.90. The Morgan fingerprint density at radius 3 is 2.79 bits per heavy atom. The fourth-order valence-electron chi connectivity index (χ4n) is 1.60. The minimum absolute atomic E-state index is 0.0177. The topological polar surface area (TPSA) is 100 Å². The molecule has 0 amide bonds. The molecule has 1 fully saturated rings. The summed E-state index contributed by atoms with van der Waals surface area (Å²) >= 11 is 5.83. The summed E-state index contributed by atoms with van der Waals surface area (Å²) in [6.07, 6.45) is -0.0177. The van der Waals surface area contributed by atoms with E-state index in [1.165, 1.54) is 0 Å². The molecule has 0 aliphatic carbocycles. The lowest BCUT2D eigenvalue weighted by Gasteiger charge is -2.26. The average Bonchev–Trinajstić information content (AvgIpc) is 2.39. The lowest BCUT2D eigenvalue weighted by molar-refractivity contribution is -0.136. The summed E-state index contributed by atoms with van der Waals surface area (Å²) in [6, 6.07) is 0. The van der Waals surface area contributed by atoms with Crippen molar-refractivity contribution in [1.29, 1.82) is 0 Å². The number of aliphatic carboxylic acids is 1. The molecule has 104 valence electrons. The van der Waals surface area contributed by atoms with Crippen molar-refractivity contribution in [1.82, 2.24) is 15.0 Å². The van der Waals surface area contributed by atoms with Crippen molar-refractivity contribution in [2.24, 2.45) is 0 Å². The highest BCUT2D eigenvalue weighted by atomic mass is 35.5. The first-order chi connectivity index (χ1) is 9.15. The highest BCUT2D eigenvalue weighted by Crippen LogP contribution is 2.14. The number of anilines is 2. The molecule has 1 aliphatic rings. The van der Waals surface area contributed by atoms with E-state index in [9.17, 15) is 4.79 Å². The number of nitrogens with zero attached hydrogens (tertiary/aromatic N) is 4. The molecule has 19 heavy (non-hydrogen) atoms. The summed E-state index contributed by atoms with van der Waals surface area (Å²) in [6.45, 7) is 2.85. The largest absolute Gasteiger partial charge is 0.481 e. The molecule has 1 saturated heterocycles. The summed E-state index contributed by atoms with van der Waals surface area (Å²) in [5, 5.41) is 11.5. The van der Waals surface area contributed by atoms with Gasteiger partial charge in [0.2, 0.25) is 17.2 Å². The summed E-state index contributed by atoms with van der Waals surface area (Å²) in [5.41, 5.74) is 0. The molecule has 0 aromatic carbocycles. The van der Waals surface area contributed by atoms with Crippen molar-refractivity contribution >= 4 is 29.5 Å². The molecule has 1 aliphatic heterocycles. The van der Waals surface area contributed by atoms with Crippen molar-refractivity contribution < 1.29 is 14.6 Å². The van der Waals surface area contributed by atoms with E-state index in [-0.39, 0.29) is 24.2 Å². The first kappa shape index (κ1) is 13.8. The number of carbonyl (C=O) groups is 1. The van der Waals surface area contributed by atoms with Crippen LogP contribution in [0.5, 0.6) is 0 Å². The van der Waals surface area contributed by atoms with Gasteiger partial charge in [0.25, 0.3) is 0 Å². The maximum Gasteiger partial charge on any atom is 0.305 e. The number of rotatable bonds is 5. The van der Waals surface area contributed by atoms with E-state index in [1.54, 1.807) is 0 Å². The number of carboxylic acids is 1. The molecule has 8 nitrogen and oxygen atoms in total. The number of nitrogens with one attached hydrogen (secondary N) is 1. The van der Waals surface area contributed by atoms with Crippen molar-refractivity contribution in [3.05, 3.63) is 5.28 Å². The molecule has 0 radical (unpaired) electrons. The van der Waals surface area contributed by atoms with Gasteiger partial charge in [-0.1, -0.05) is 0 Å². The zero-order valence-corrected chi connectivity index (χ0v) is 10.9. The van der Waals surface area contributed by atoms with E-state index >= 15 is 0 Å². The average molecular weight is 288 g/mol. The summed E-state index contributed by atoms with van der Waals surface area (Å²) < 4.78 is 5.25. The maximum absolute atomic E-state index is 10.4. The molecule has 0 spiro atoms. The third kappa shape index (κ3) is 4.18. The first-order valence-corrected chi connectivity index (χ1v) is 6.23. The van der Waals surface area contributed by atoms with Crippen LogP contribution in [0, 0.1) is 0 Å². The quantitative estimate of drug-likeness (QED) is 0.795. The molecular weight excluding hydrogens is 274 g/mol. The van der Waals surface area contributed by atoms with Crippen LogP contribution in [0.2, 0.25) is 5.28 Å². The molecular formula is C10H14ClN5O3. The molecule has 9 heteroatoms. The maximum atomic E-state index is 10.4. The Balaban J connectivity index is 2.03. The lowest BCUT2D eigenvalue weighted by Crippen LogP contribution is -2.37. The number of hydrogen-bond acceptors (Lipinski definition) is 7. The number of hydrogen-bond donors (Lipinski definition) is 2. The lowest BCUT2D eigenvalue weighted by atomic mass is 10.4. The van der Waals surface area contributed by atoms with Gasteiger partial charge in [0, 0.05) is 19.6 Å². The smallest absolute Gasteiger partial charge is 0.305 e. The molecule has 0 unspecified atom stereocenters. The van der Waals surface area contributed by atoms with Gasteiger partial charge in [0.1, 0.15) is 0 Å². The van der Waals surface area contributed by atoms with E-state index in [0.29, 0.717) is 32.3 Å². The summed E-state index contributed by atoms with van der Waals surface area (Å²) in [7, 11) is 0. The van der Waals surface area contributed by atoms with E-state index in [0.717, 1.165) is 0 Å². The second kappa shape index (κ2) is 6.48. The van der Waals surface area contributed by atoms with Crippen LogP contribution in [0.15, 0.2) is 0 Å². The number of halogens is 1. The highest BCUT2D eigenvalue weighted by Gasteiger charge is 2.16. The zero-order valence-electron chi connectivity index (χ0n) is 10.2. The highest BCUT2D eigenvalue weighted by molar-refractivity contribution is 6.28. The van der Waals surface area contributed by atoms with Gasteiger partial charge in [-0.3, -0.25) is 4.79 Å². The molecule has 0 saturated carbocycles. The van der Waals surface area contributed by atoms with Crippen LogP contribution in [-0.4, -0.2) is 58.9 Å². The Morgan fingerprint density at radius 1 is 1.37 bits per heavy atom. The molecule has 2 rings (SSSR count). The minimum atomic E-state index is -0.888. The normalized spacial score (nSPS) is 15.3. The number of morpholine rings is 1. The Kier molecular flexibility index (Phi) is 4.69. The Bertz CT molecular complexity index is 453. The van der Waals surface area contributed by atoms with Crippen LogP contribution in [-0.2, 0) is 9.53 Å². The SMILES string of the molecule is O=C(O)CCNc1nc(Cl)nc(N2CCOCC2)n1. The van der Waals surface area contributed by atoms with Crippen LogP contribution in [0.1, 0.15) is 6.42 Å². The standard InChI is InChI=1S/C10H14ClN5O3/c11-8-13-9(12-2-1-7(17)18)15-10(14-8)16-3-5-19-6-4-16/h1-6H2,(H,17,18)(H,12,13,14,15). The van der Waals surface area contributed by atoms with Gasteiger partial charge >= 0.3 is 5.97 Å². The number of aromatic nitrogens is 3. The van der Waals surface area contributed by atoms with Gasteiger partial charge in [-0.25, -0.2) is 0 Å². The summed E-state index contributed by atoms with van der Waals surface area (Å²) in [4.78, 5) is 24.6. The van der Waals surface area contributed by atoms with E-state index in [2.05, 4.69) is 20.3 Å². The van der Waals surface area contributed by atoms with E-state index < -0.39 is 5.97 Å². The third-order valence-electron chi connectivity index (χ3n) is 2.51. The Morgan fingerprint density at radius 2 is 2.11 bits per heavy atom. The summed E-state index contributed by atoms with van der Waals surface area (Å²) in [5.74, 6) is -0.134. The molecule has 2 N–H and O–H groups in total. The van der Waals surface area contributed by atoms with Crippen molar-refractivity contribution in [3.8, 4) is 0 Å². The van der Waals surface area contributed by atoms with Gasteiger partial charge in [-0.15, -0.1) is 0 Å². The van der Waals surface area contributed by atoms with Crippen molar-refractivity contribution in [2.75, 3.05) is 43.1 Å². The third-order valence-corrected chi connectivity index (χ3v) is 2.68. The fourth-order valence-corrected chi connectivity index (χ4v) is 1.76. The van der Waals surface area contributed by atoms with Gasteiger partial charge in [-0.2, -0.15) is 15.0 Å². The van der Waals surface area contributed by atoms with Gasteiger partial charge < -0.3 is 20.1 Å². The predicted octanol–water partition coefficient (Wildman–Crippen LogP) is 0.248. The van der Waals surface area contributed by atoms with Crippen LogP contribution >= 0.6 is 11.6 Å². The first-order valence-electron chi connectivity index (χ1n) is 5.85.